The van der Waals surface area contributed by atoms with Crippen LogP contribution in [0.15, 0.2) is 51.8 Å². The first-order valence-electron chi connectivity index (χ1n) is 14.0. The summed E-state index contributed by atoms with van der Waals surface area (Å²) in [6.45, 7) is 7.58. The first-order chi connectivity index (χ1) is 19.0. The highest BCUT2D eigenvalue weighted by Crippen LogP contribution is 2.36. The van der Waals surface area contributed by atoms with Crippen molar-refractivity contribution in [1.29, 1.82) is 0 Å². The smallest absolute Gasteiger partial charge is 0.280 e. The van der Waals surface area contributed by atoms with E-state index in [1.54, 1.807) is 11.0 Å². The standard InChI is InChI=1S/C29H39FN4O5S/c1-5-8-25(35)34(27(18(2)3)29(36)31-22-15-16-22)17-20-11-13-21(14-12-20)23-9-6-7-10-24(23)40(37,38)33-28-26(30)19(4)39-32-28/h6-7,10-14,18-19,22-23,26-27H,5,8-9,15-17H2,1-4H3,(H,31,36)(H,32,33)/t19?,23?,26?,27-/m0/s1. The molecule has 1 aromatic carbocycles. The molecule has 9 nitrogen and oxygen atoms in total. The van der Waals surface area contributed by atoms with Crippen LogP contribution in [0.2, 0.25) is 0 Å². The Hall–Kier alpha value is -3.05. The van der Waals surface area contributed by atoms with Crippen molar-refractivity contribution < 1.29 is 27.2 Å². The lowest BCUT2D eigenvalue weighted by atomic mass is 9.91. The number of halogens is 1. The third kappa shape index (κ3) is 6.98. The zero-order valence-corrected chi connectivity index (χ0v) is 24.3. The van der Waals surface area contributed by atoms with E-state index < -0.39 is 34.3 Å². The highest BCUT2D eigenvalue weighted by Gasteiger charge is 2.37. The largest absolute Gasteiger partial charge is 0.352 e. The van der Waals surface area contributed by atoms with Crippen molar-refractivity contribution in [2.75, 3.05) is 0 Å². The van der Waals surface area contributed by atoms with Gasteiger partial charge in [0.15, 0.2) is 12.0 Å². The van der Waals surface area contributed by atoms with Gasteiger partial charge in [0.05, 0.1) is 4.91 Å². The number of hydroxylamine groups is 1. The van der Waals surface area contributed by atoms with Crippen LogP contribution in [0.25, 0.3) is 0 Å². The molecule has 0 spiro atoms. The Morgan fingerprint density at radius 2 is 1.93 bits per heavy atom. The number of rotatable bonds is 11. The van der Waals surface area contributed by atoms with Crippen LogP contribution >= 0.6 is 0 Å². The van der Waals surface area contributed by atoms with Crippen molar-refractivity contribution in [3.8, 4) is 0 Å². The highest BCUT2D eigenvalue weighted by molar-refractivity contribution is 7.94. The summed E-state index contributed by atoms with van der Waals surface area (Å²) >= 11 is 0. The second kappa shape index (κ2) is 12.6. The molecule has 4 rings (SSSR count). The van der Waals surface area contributed by atoms with Crippen LogP contribution in [0, 0.1) is 5.92 Å². The maximum absolute atomic E-state index is 14.3. The molecule has 2 amide bonds. The number of hydrogen-bond acceptors (Lipinski definition) is 5. The molecule has 0 aromatic heterocycles. The summed E-state index contributed by atoms with van der Waals surface area (Å²) in [5.41, 5.74) is 3.86. The van der Waals surface area contributed by atoms with Crippen LogP contribution in [0.3, 0.4) is 0 Å². The lowest BCUT2D eigenvalue weighted by Gasteiger charge is -2.34. The normalized spacial score (nSPS) is 24.5. The third-order valence-corrected chi connectivity index (χ3v) is 8.78. The minimum Gasteiger partial charge on any atom is -0.352 e. The van der Waals surface area contributed by atoms with Crippen LogP contribution < -0.4 is 10.8 Å². The van der Waals surface area contributed by atoms with Crippen molar-refractivity contribution in [2.24, 2.45) is 10.3 Å². The monoisotopic (exact) mass is 574 g/mol. The molecule has 2 fully saturated rings. The second-order valence-corrected chi connectivity index (χ2v) is 12.7. The number of nitrogens with zero attached hydrogens (tertiary/aromatic N) is 2. The number of amides is 2. The molecular weight excluding hydrogens is 535 g/mol. The molecule has 4 atom stereocenters. The molecule has 1 saturated carbocycles. The van der Waals surface area contributed by atoms with Gasteiger partial charge in [0.1, 0.15) is 12.1 Å². The van der Waals surface area contributed by atoms with E-state index in [-0.39, 0.29) is 41.1 Å². The summed E-state index contributed by atoms with van der Waals surface area (Å²) in [5, 5.41) is 3.05. The molecular formula is C29H39FN4O5S. The number of allylic oxidation sites excluding steroid dienone is 4. The van der Waals surface area contributed by atoms with Crippen LogP contribution in [0.1, 0.15) is 76.8 Å². The van der Waals surface area contributed by atoms with Crippen molar-refractivity contribution in [1.82, 2.24) is 15.7 Å². The molecule has 1 aliphatic heterocycles. The van der Waals surface area contributed by atoms with E-state index >= 15 is 0 Å². The highest BCUT2D eigenvalue weighted by atomic mass is 32.2. The van der Waals surface area contributed by atoms with Crippen molar-refractivity contribution >= 4 is 27.7 Å². The molecule has 40 heavy (non-hydrogen) atoms. The predicted molar refractivity (Wildman–Crippen MR) is 151 cm³/mol. The molecule has 3 aliphatic rings. The van der Waals surface area contributed by atoms with Gasteiger partial charge in [-0.25, -0.2) is 9.87 Å². The van der Waals surface area contributed by atoms with Crippen molar-refractivity contribution in [3.05, 3.63) is 58.5 Å². The maximum Gasteiger partial charge on any atom is 0.280 e. The van der Waals surface area contributed by atoms with Gasteiger partial charge in [-0.05, 0) is 55.7 Å². The Morgan fingerprint density at radius 3 is 2.50 bits per heavy atom. The van der Waals surface area contributed by atoms with E-state index in [1.807, 2.05) is 51.1 Å². The van der Waals surface area contributed by atoms with E-state index in [0.717, 1.165) is 24.0 Å². The average molecular weight is 575 g/mol. The fourth-order valence-corrected chi connectivity index (χ4v) is 6.33. The van der Waals surface area contributed by atoms with Gasteiger partial charge in [-0.15, -0.1) is 4.40 Å². The van der Waals surface area contributed by atoms with Crippen molar-refractivity contribution in [2.45, 2.75) is 96.6 Å². The molecule has 1 heterocycles. The van der Waals surface area contributed by atoms with Gasteiger partial charge in [0, 0.05) is 24.9 Å². The van der Waals surface area contributed by atoms with Crippen molar-refractivity contribution in [3.63, 3.8) is 0 Å². The number of sulfonamides is 1. The number of benzene rings is 1. The van der Waals surface area contributed by atoms with E-state index in [9.17, 15) is 22.4 Å². The first-order valence-corrected chi connectivity index (χ1v) is 15.4. The van der Waals surface area contributed by atoms with Gasteiger partial charge < -0.3 is 10.2 Å². The number of carbonyl (C=O) groups is 2. The minimum absolute atomic E-state index is 0.0696. The molecule has 218 valence electrons. The fraction of sp³-hybridized carbons (Fsp3) is 0.552. The zero-order valence-electron chi connectivity index (χ0n) is 23.5. The number of alkyl halides is 1. The minimum atomic E-state index is -4.18. The molecule has 2 aliphatic carbocycles. The second-order valence-electron chi connectivity index (χ2n) is 11.0. The summed E-state index contributed by atoms with van der Waals surface area (Å²) < 4.78 is 44.4. The summed E-state index contributed by atoms with van der Waals surface area (Å²) in [6.07, 6.45) is 5.91. The van der Waals surface area contributed by atoms with Gasteiger partial charge in [-0.1, -0.05) is 57.2 Å². The van der Waals surface area contributed by atoms with Gasteiger partial charge in [0.25, 0.3) is 10.0 Å². The first kappa shape index (κ1) is 29.9. The molecule has 0 bridgehead atoms. The number of nitrogens with one attached hydrogen (secondary N) is 2. The molecule has 2 N–H and O–H groups in total. The molecule has 3 unspecified atom stereocenters. The van der Waals surface area contributed by atoms with Gasteiger partial charge >= 0.3 is 0 Å². The van der Waals surface area contributed by atoms with Gasteiger partial charge in [-0.3, -0.25) is 14.4 Å². The average Bonchev–Trinajstić information content (AvgIpc) is 3.68. The Balaban J connectivity index is 1.55. The Labute approximate surface area is 236 Å². The zero-order chi connectivity index (χ0) is 29.0. The SMILES string of the molecule is CCCC(=O)N(Cc1ccc(C2CC=CC=C2S(=O)(=O)/N=C2\NOC(C)C2F)cc1)[C@H](C(=O)NC1CC1)C(C)C. The lowest BCUT2D eigenvalue weighted by molar-refractivity contribution is -0.143. The van der Waals surface area contributed by atoms with E-state index in [0.29, 0.717) is 19.3 Å². The number of carbonyl (C=O) groups excluding carboxylic acids is 2. The summed E-state index contributed by atoms with van der Waals surface area (Å²) in [7, 11) is -4.18. The number of hydrogen-bond donors (Lipinski definition) is 2. The van der Waals surface area contributed by atoms with Crippen LogP contribution in [-0.2, 0) is 31.0 Å². The fourth-order valence-electron chi connectivity index (χ4n) is 4.99. The number of amidine groups is 1. The predicted octanol–water partition coefficient (Wildman–Crippen LogP) is 4.04. The van der Waals surface area contributed by atoms with Gasteiger partial charge in [0.2, 0.25) is 11.8 Å². The Morgan fingerprint density at radius 1 is 1.23 bits per heavy atom. The van der Waals surface area contributed by atoms with Crippen LogP contribution in [-0.4, -0.2) is 55.3 Å². The summed E-state index contributed by atoms with van der Waals surface area (Å²) in [6, 6.07) is 7.00. The summed E-state index contributed by atoms with van der Waals surface area (Å²) in [5.74, 6) is -1.13. The van der Waals surface area contributed by atoms with E-state index in [2.05, 4.69) is 15.2 Å². The molecule has 0 radical (unpaired) electrons. The van der Waals surface area contributed by atoms with Crippen LogP contribution in [0.4, 0.5) is 4.39 Å². The van der Waals surface area contributed by atoms with E-state index in [1.165, 1.54) is 13.0 Å². The third-order valence-electron chi connectivity index (χ3n) is 7.33. The lowest BCUT2D eigenvalue weighted by Crippen LogP contribution is -2.52. The molecule has 1 saturated heterocycles. The maximum atomic E-state index is 14.3. The van der Waals surface area contributed by atoms with E-state index in [4.69, 9.17) is 4.84 Å². The Bertz CT molecular complexity index is 1290. The molecule has 1 aromatic rings. The summed E-state index contributed by atoms with van der Waals surface area (Å²) in [4.78, 5) is 33.0. The molecule has 11 heteroatoms. The topological polar surface area (TPSA) is 117 Å². The van der Waals surface area contributed by atoms with Gasteiger partial charge in [-0.2, -0.15) is 8.42 Å². The quantitative estimate of drug-likeness (QED) is 0.412. The van der Waals surface area contributed by atoms with Crippen LogP contribution in [0.5, 0.6) is 0 Å². The Kier molecular flexibility index (Phi) is 9.45.